The Morgan fingerprint density at radius 2 is 1.47 bits per heavy atom. The summed E-state index contributed by atoms with van der Waals surface area (Å²) >= 11 is 0. The zero-order chi connectivity index (χ0) is 34.3. The van der Waals surface area contributed by atoms with Crippen molar-refractivity contribution in [2.75, 3.05) is 14.2 Å². The number of hydrogen-bond donors (Lipinski definition) is 2. The van der Waals surface area contributed by atoms with Crippen LogP contribution in [0.3, 0.4) is 0 Å². The third kappa shape index (κ3) is 8.34. The number of rotatable bonds is 8. The molecule has 0 atom stereocenters. The molecule has 4 aromatic rings. The van der Waals surface area contributed by atoms with Gasteiger partial charge in [-0.15, -0.1) is 0 Å². The highest BCUT2D eigenvalue weighted by molar-refractivity contribution is 7.88. The topological polar surface area (TPSA) is 189 Å². The number of H-pyrrole nitrogens is 1. The van der Waals surface area contributed by atoms with Gasteiger partial charge in [0.1, 0.15) is 22.7 Å². The lowest BCUT2D eigenvalue weighted by Crippen LogP contribution is -2.34. The van der Waals surface area contributed by atoms with Crippen LogP contribution in [0.15, 0.2) is 41.2 Å². The highest BCUT2D eigenvalue weighted by Gasteiger charge is 2.54. The number of nitrogens with zero attached hydrogens (tertiary/aromatic N) is 3. The van der Waals surface area contributed by atoms with E-state index in [9.17, 15) is 49.0 Å². The summed E-state index contributed by atoms with van der Waals surface area (Å²) in [5.41, 5.74) is 1.64. The molecule has 0 aliphatic heterocycles. The maximum atomic E-state index is 12.1. The van der Waals surface area contributed by atoms with E-state index in [1.165, 1.54) is 26.4 Å². The lowest BCUT2D eigenvalue weighted by atomic mass is 10.3. The number of nitrogens with one attached hydrogen (secondary N) is 1. The van der Waals surface area contributed by atoms with E-state index >= 15 is 0 Å². The fraction of sp³-hybridized carbons (Fsp3) is 0.320. The Morgan fingerprint density at radius 1 is 0.956 bits per heavy atom. The Hall–Kier alpha value is -5.01. The highest BCUT2D eigenvalue weighted by atomic mass is 32.3. The van der Waals surface area contributed by atoms with Gasteiger partial charge in [0, 0.05) is 36.0 Å². The molecule has 0 amide bonds. The number of carbonyl (C=O) groups is 3. The molecule has 0 aromatic carbocycles. The molecule has 0 bridgehead atoms. The molecule has 0 saturated carbocycles. The van der Waals surface area contributed by atoms with Gasteiger partial charge in [0.2, 0.25) is 11.4 Å². The summed E-state index contributed by atoms with van der Waals surface area (Å²) in [7, 11) is -3.72. The molecule has 246 valence electrons. The number of pyridine rings is 2. The molecule has 4 aromatic heterocycles. The van der Waals surface area contributed by atoms with Gasteiger partial charge in [0.25, 0.3) is 0 Å². The van der Waals surface area contributed by atoms with Crippen molar-refractivity contribution in [2.24, 2.45) is 0 Å². The van der Waals surface area contributed by atoms with E-state index in [4.69, 9.17) is 5.11 Å². The van der Waals surface area contributed by atoms with Crippen molar-refractivity contribution in [3.8, 4) is 5.88 Å². The third-order valence-electron chi connectivity index (χ3n) is 5.69. The van der Waals surface area contributed by atoms with E-state index in [1.54, 1.807) is 33.4 Å². The van der Waals surface area contributed by atoms with Crippen molar-refractivity contribution < 1.29 is 63.6 Å². The van der Waals surface area contributed by atoms with Crippen LogP contribution in [-0.2, 0) is 37.6 Å². The van der Waals surface area contributed by atoms with Crippen LogP contribution in [-0.4, -0.2) is 76.6 Å². The van der Waals surface area contributed by atoms with Gasteiger partial charge in [-0.2, -0.15) is 31.0 Å². The number of ether oxygens (including phenoxy) is 3. The van der Waals surface area contributed by atoms with Crippen LogP contribution in [0, 0.1) is 0 Å². The van der Waals surface area contributed by atoms with Crippen LogP contribution >= 0.6 is 0 Å². The summed E-state index contributed by atoms with van der Waals surface area (Å²) in [6.07, 6.45) is 0. The minimum Gasteiger partial charge on any atom is -0.476 e. The van der Waals surface area contributed by atoms with Crippen molar-refractivity contribution in [3.05, 3.63) is 58.1 Å². The number of alkyl halides is 4. The second-order valence-corrected chi connectivity index (χ2v) is 9.75. The molecular weight excluding hydrogens is 643 g/mol. The van der Waals surface area contributed by atoms with Crippen LogP contribution < -0.4 is 10.3 Å². The minimum absolute atomic E-state index is 0.184. The number of aliphatic carboxylic acids is 1. The molecule has 0 aliphatic carbocycles. The van der Waals surface area contributed by atoms with Crippen molar-refractivity contribution in [1.29, 1.82) is 0 Å². The fourth-order valence-corrected chi connectivity index (χ4v) is 3.94. The van der Waals surface area contributed by atoms with Crippen LogP contribution in [0.25, 0.3) is 22.1 Å². The Balaban J connectivity index is 0.000000247. The normalized spacial score (nSPS) is 11.3. The third-order valence-corrected chi connectivity index (χ3v) is 6.47. The van der Waals surface area contributed by atoms with Crippen LogP contribution in [0.5, 0.6) is 5.88 Å². The predicted octanol–water partition coefficient (Wildman–Crippen LogP) is 3.54. The zero-order valence-electron chi connectivity index (χ0n) is 23.7. The molecule has 4 heterocycles. The van der Waals surface area contributed by atoms with E-state index in [2.05, 4.69) is 24.2 Å². The average Bonchev–Trinajstić information content (AvgIpc) is 3.53. The van der Waals surface area contributed by atoms with Gasteiger partial charge in [-0.25, -0.2) is 14.4 Å². The quantitative estimate of drug-likeness (QED) is 0.159. The monoisotopic (exact) mass is 668 g/mol. The standard InChI is InChI=1S/C12H12F2N2O3.C11H12N2O3.C2HF3O4S/c1-3-16-8(11(17)18-2)6-7-4-5-9(15-10(7)16)19-12(13)14;1-3-13-8(11(15)16-2)6-7-4-5-9(14)12-10(7)13;3-2(4,1(6)7)10(5,8)9/h4-6,12H,3H2,1-2H3;4-6H,3H2,1-2H3,(H,12,14);(H,6,7). The molecule has 0 unspecified atom stereocenters. The molecular formula is C25H25F5N4O10S. The van der Waals surface area contributed by atoms with Gasteiger partial charge in [0.15, 0.2) is 0 Å². The summed E-state index contributed by atoms with van der Waals surface area (Å²) in [6.45, 7) is 1.83. The number of carboxylic acids is 1. The number of aryl methyl sites for hydroxylation is 2. The molecule has 0 spiro atoms. The van der Waals surface area contributed by atoms with Gasteiger partial charge >= 0.3 is 40.0 Å². The van der Waals surface area contributed by atoms with Gasteiger partial charge in [0.05, 0.1) is 14.2 Å². The van der Waals surface area contributed by atoms with Crippen molar-refractivity contribution in [1.82, 2.24) is 19.1 Å². The van der Waals surface area contributed by atoms with E-state index < -0.39 is 40.0 Å². The van der Waals surface area contributed by atoms with Crippen LogP contribution in [0.4, 0.5) is 21.4 Å². The first-order valence-electron chi connectivity index (χ1n) is 12.3. The number of aromatic amines is 1. The second-order valence-electron chi connectivity index (χ2n) is 8.36. The SMILES string of the molecule is CCn1c(C(=O)OC)cc2ccc(=O)[nH]c21.CCn1c(C(=O)OC)cc2ccc(OC(F)F)nc21.O=C(O)C(F)(F)S(=O)(=O)F. The minimum atomic E-state index is -6.33. The van der Waals surface area contributed by atoms with Gasteiger partial charge < -0.3 is 33.4 Å². The van der Waals surface area contributed by atoms with Gasteiger partial charge in [-0.3, -0.25) is 4.79 Å². The first-order chi connectivity index (χ1) is 20.9. The lowest BCUT2D eigenvalue weighted by Gasteiger charge is -2.06. The number of carbonyl (C=O) groups excluding carboxylic acids is 2. The second kappa shape index (κ2) is 14.6. The summed E-state index contributed by atoms with van der Waals surface area (Å²) in [4.78, 5) is 50.3. The summed E-state index contributed by atoms with van der Waals surface area (Å²) < 4.78 is 94.0. The number of esters is 2. The van der Waals surface area contributed by atoms with Crippen LogP contribution in [0.2, 0.25) is 0 Å². The molecule has 0 fully saturated rings. The smallest absolute Gasteiger partial charge is 0.470 e. The Kier molecular flexibility index (Phi) is 11.8. The largest absolute Gasteiger partial charge is 0.476 e. The molecule has 45 heavy (non-hydrogen) atoms. The molecule has 4 rings (SSSR count). The number of carboxylic acid groups (broad SMARTS) is 1. The molecule has 0 radical (unpaired) electrons. The first-order valence-corrected chi connectivity index (χ1v) is 13.7. The van der Waals surface area contributed by atoms with Crippen molar-refractivity contribution in [3.63, 3.8) is 0 Å². The molecule has 0 saturated heterocycles. The zero-order valence-corrected chi connectivity index (χ0v) is 24.5. The lowest BCUT2D eigenvalue weighted by molar-refractivity contribution is -0.154. The summed E-state index contributed by atoms with van der Waals surface area (Å²) in [6, 6.07) is 9.33. The van der Waals surface area contributed by atoms with E-state index in [0.717, 1.165) is 5.39 Å². The van der Waals surface area contributed by atoms with E-state index in [0.29, 0.717) is 41.2 Å². The number of hydrogen-bond acceptors (Lipinski definition) is 10. The average molecular weight is 669 g/mol. The first kappa shape index (κ1) is 36.2. The van der Waals surface area contributed by atoms with Gasteiger partial charge in [-0.05, 0) is 38.1 Å². The van der Waals surface area contributed by atoms with Crippen molar-refractivity contribution >= 4 is 50.2 Å². The maximum Gasteiger partial charge on any atom is 0.470 e. The molecule has 2 N–H and O–H groups in total. The summed E-state index contributed by atoms with van der Waals surface area (Å²) in [5.74, 6) is -4.13. The van der Waals surface area contributed by atoms with Gasteiger partial charge in [-0.1, -0.05) is 3.89 Å². The van der Waals surface area contributed by atoms with E-state index in [1.807, 2.05) is 13.8 Å². The summed E-state index contributed by atoms with van der Waals surface area (Å²) in [5, 5.41) is 3.54. The number of fused-ring (bicyclic) bond motifs is 2. The van der Waals surface area contributed by atoms with E-state index in [-0.39, 0.29) is 11.4 Å². The number of methoxy groups -OCH3 is 2. The number of aromatic nitrogens is 4. The fourth-order valence-electron chi connectivity index (χ4n) is 3.73. The molecule has 14 nitrogen and oxygen atoms in total. The Labute approximate surface area is 250 Å². The number of halogens is 5. The predicted molar refractivity (Wildman–Crippen MR) is 146 cm³/mol. The Bertz CT molecular complexity index is 1870. The highest BCUT2D eigenvalue weighted by Crippen LogP contribution is 2.24. The molecule has 0 aliphatic rings. The van der Waals surface area contributed by atoms with Crippen LogP contribution in [0.1, 0.15) is 34.8 Å². The van der Waals surface area contributed by atoms with Crippen molar-refractivity contribution in [2.45, 2.75) is 38.8 Å². The maximum absolute atomic E-state index is 12.1. The molecule has 20 heteroatoms. The Morgan fingerprint density at radius 3 is 1.91 bits per heavy atom.